The number of nitrogens with one attached hydrogen (secondary N) is 1. The van der Waals surface area contributed by atoms with E-state index in [0.717, 1.165) is 20.6 Å². The Hall–Kier alpha value is -1.62. The molecule has 32 heavy (non-hydrogen) atoms. The molecule has 2 aromatic rings. The molecule has 0 aromatic heterocycles. The Morgan fingerprint density at radius 2 is 1.56 bits per heavy atom. The van der Waals surface area contributed by atoms with Crippen molar-refractivity contribution in [2.45, 2.75) is 37.9 Å². The Bertz CT molecular complexity index is 925. The lowest BCUT2D eigenvalue weighted by Gasteiger charge is -2.24. The number of carboxylic acid groups (broad SMARTS) is 2. The van der Waals surface area contributed by atoms with E-state index in [1.54, 1.807) is 6.07 Å². The number of carboxylic acids is 2. The van der Waals surface area contributed by atoms with Crippen LogP contribution >= 0.6 is 43.5 Å². The smallest absolute Gasteiger partial charge is 0.417 e. The third-order valence-corrected chi connectivity index (χ3v) is 6.26. The first-order valence-electron chi connectivity index (χ1n) is 9.19. The highest BCUT2D eigenvalue weighted by Gasteiger charge is 2.34. The van der Waals surface area contributed by atoms with E-state index < -0.39 is 30.1 Å². The van der Waals surface area contributed by atoms with Crippen LogP contribution in [0.1, 0.15) is 48.4 Å². The van der Waals surface area contributed by atoms with Crippen LogP contribution in [0.5, 0.6) is 0 Å². The van der Waals surface area contributed by atoms with Crippen LogP contribution in [0.2, 0.25) is 5.02 Å². The van der Waals surface area contributed by atoms with Crippen LogP contribution in [0, 0.1) is 0 Å². The summed E-state index contributed by atoms with van der Waals surface area (Å²) in [5.74, 6) is -2.79. The quantitative estimate of drug-likeness (QED) is 0.301. The topological polar surface area (TPSA) is 86.6 Å². The Balaban J connectivity index is 0.000000633. The molecule has 0 saturated heterocycles. The molecule has 0 amide bonds. The highest BCUT2D eigenvalue weighted by molar-refractivity contribution is 9.11. The second-order valence-corrected chi connectivity index (χ2v) is 8.87. The summed E-state index contributed by atoms with van der Waals surface area (Å²) in [7, 11) is 1.83. The predicted octanol–water partition coefficient (Wildman–Crippen LogP) is 6.88. The van der Waals surface area contributed by atoms with E-state index in [1.165, 1.54) is 6.07 Å². The summed E-state index contributed by atoms with van der Waals surface area (Å²) >= 11 is 13.1. The lowest BCUT2D eigenvalue weighted by atomic mass is 9.89. The molecular weight excluding hydrogens is 582 g/mol. The first-order valence-corrected chi connectivity index (χ1v) is 11.2. The molecule has 5 nitrogen and oxygen atoms in total. The van der Waals surface area contributed by atoms with Crippen LogP contribution in [0.25, 0.3) is 0 Å². The number of rotatable bonds is 7. The van der Waals surface area contributed by atoms with Crippen LogP contribution < -0.4 is 5.32 Å². The number of halogens is 6. The Labute approximate surface area is 205 Å². The van der Waals surface area contributed by atoms with Crippen molar-refractivity contribution in [1.82, 2.24) is 5.32 Å². The average molecular weight is 604 g/mol. The van der Waals surface area contributed by atoms with Gasteiger partial charge < -0.3 is 15.5 Å². The molecule has 0 aliphatic rings. The lowest BCUT2D eigenvalue weighted by molar-refractivity contribution is -0.147. The lowest BCUT2D eigenvalue weighted by Crippen LogP contribution is -2.20. The van der Waals surface area contributed by atoms with Crippen molar-refractivity contribution in [2.75, 3.05) is 7.05 Å². The molecule has 176 valence electrons. The zero-order valence-electron chi connectivity index (χ0n) is 17.0. The molecule has 0 saturated carbocycles. The minimum atomic E-state index is -4.46. The highest BCUT2D eigenvalue weighted by Crippen LogP contribution is 2.41. The summed E-state index contributed by atoms with van der Waals surface area (Å²) in [4.78, 5) is 18.9. The SMILES string of the molecule is CNC(CC(C)c1cccc(C(F)(F)F)c1Cl)c1c(Br)cccc1Br.O=C(O)CC(=O)O. The molecule has 11 heteroatoms. The largest absolute Gasteiger partial charge is 0.481 e. The van der Waals surface area contributed by atoms with Gasteiger partial charge >= 0.3 is 18.1 Å². The van der Waals surface area contributed by atoms with Crippen molar-refractivity contribution in [3.05, 3.63) is 67.1 Å². The third-order valence-electron chi connectivity index (χ3n) is 4.45. The first-order chi connectivity index (χ1) is 14.8. The van der Waals surface area contributed by atoms with Crippen molar-refractivity contribution >= 4 is 55.4 Å². The molecule has 2 aromatic carbocycles. The summed E-state index contributed by atoms with van der Waals surface area (Å²) < 4.78 is 41.1. The van der Waals surface area contributed by atoms with Crippen molar-refractivity contribution < 1.29 is 33.0 Å². The van der Waals surface area contributed by atoms with Crippen LogP contribution in [0.4, 0.5) is 13.2 Å². The molecule has 0 spiro atoms. The number of hydrogen-bond acceptors (Lipinski definition) is 3. The van der Waals surface area contributed by atoms with Crippen molar-refractivity contribution in [1.29, 1.82) is 0 Å². The molecule has 0 radical (unpaired) electrons. The van der Waals surface area contributed by atoms with Crippen LogP contribution in [-0.2, 0) is 15.8 Å². The van der Waals surface area contributed by atoms with Crippen LogP contribution in [-0.4, -0.2) is 29.2 Å². The number of benzene rings is 2. The third kappa shape index (κ3) is 8.38. The molecule has 2 rings (SSSR count). The fourth-order valence-corrected chi connectivity index (χ4v) is 4.95. The van der Waals surface area contributed by atoms with Crippen molar-refractivity contribution in [3.8, 4) is 0 Å². The van der Waals surface area contributed by atoms with E-state index in [4.69, 9.17) is 21.8 Å². The van der Waals surface area contributed by atoms with Crippen LogP contribution in [0.3, 0.4) is 0 Å². The van der Waals surface area contributed by atoms with E-state index in [0.29, 0.717) is 12.0 Å². The van der Waals surface area contributed by atoms with Gasteiger partial charge in [-0.1, -0.05) is 68.6 Å². The number of carbonyl (C=O) groups is 2. The van der Waals surface area contributed by atoms with Crippen LogP contribution in [0.15, 0.2) is 45.3 Å². The number of hydrogen-bond donors (Lipinski definition) is 3. The van der Waals surface area contributed by atoms with E-state index in [2.05, 4.69) is 37.2 Å². The molecule has 2 atom stereocenters. The maximum absolute atomic E-state index is 13.1. The molecule has 0 heterocycles. The van der Waals surface area contributed by atoms with E-state index in [9.17, 15) is 22.8 Å². The van der Waals surface area contributed by atoms with E-state index in [1.807, 2.05) is 32.2 Å². The maximum atomic E-state index is 13.1. The van der Waals surface area contributed by atoms with Crippen molar-refractivity contribution in [3.63, 3.8) is 0 Å². The first kappa shape index (κ1) is 28.4. The Morgan fingerprint density at radius 1 is 1.06 bits per heavy atom. The molecule has 0 aliphatic carbocycles. The van der Waals surface area contributed by atoms with Gasteiger partial charge in [0.25, 0.3) is 0 Å². The monoisotopic (exact) mass is 601 g/mol. The summed E-state index contributed by atoms with van der Waals surface area (Å²) in [6, 6.07) is 9.81. The minimum Gasteiger partial charge on any atom is -0.481 e. The second kappa shape index (κ2) is 12.6. The summed E-state index contributed by atoms with van der Waals surface area (Å²) in [6.07, 6.45) is -4.67. The predicted molar refractivity (Wildman–Crippen MR) is 123 cm³/mol. The van der Waals surface area contributed by atoms with Gasteiger partial charge in [-0.15, -0.1) is 0 Å². The fraction of sp³-hybridized carbons (Fsp3) is 0.333. The Morgan fingerprint density at radius 3 is 1.97 bits per heavy atom. The van der Waals surface area contributed by atoms with Crippen molar-refractivity contribution in [2.24, 2.45) is 0 Å². The molecule has 2 unspecified atom stereocenters. The maximum Gasteiger partial charge on any atom is 0.417 e. The van der Waals surface area contributed by atoms with Gasteiger partial charge in [0.05, 0.1) is 10.6 Å². The molecule has 0 aliphatic heterocycles. The van der Waals surface area contributed by atoms with Gasteiger partial charge in [0.1, 0.15) is 6.42 Å². The average Bonchev–Trinajstić information content (AvgIpc) is 2.65. The second-order valence-electron chi connectivity index (χ2n) is 6.78. The van der Waals surface area contributed by atoms with Gasteiger partial charge in [-0.3, -0.25) is 9.59 Å². The highest BCUT2D eigenvalue weighted by atomic mass is 79.9. The summed E-state index contributed by atoms with van der Waals surface area (Å²) in [5, 5.41) is 18.4. The van der Waals surface area contributed by atoms with Gasteiger partial charge in [-0.2, -0.15) is 13.2 Å². The van der Waals surface area contributed by atoms with Gasteiger partial charge in [0.2, 0.25) is 0 Å². The van der Waals surface area contributed by atoms with Gasteiger partial charge in [0, 0.05) is 15.0 Å². The van der Waals surface area contributed by atoms with Gasteiger partial charge in [-0.25, -0.2) is 0 Å². The summed E-state index contributed by atoms with van der Waals surface area (Å²) in [6.45, 7) is 1.89. The summed E-state index contributed by atoms with van der Waals surface area (Å²) in [5.41, 5.74) is 0.737. The van der Waals surface area contributed by atoms with Gasteiger partial charge in [-0.05, 0) is 48.7 Å². The number of aliphatic carboxylic acids is 2. The Kier molecular flexibility index (Phi) is 11.2. The number of alkyl halides is 3. The molecular formula is C21H21Br2ClF3NO4. The fourth-order valence-electron chi connectivity index (χ4n) is 2.98. The molecule has 0 bridgehead atoms. The molecule has 0 fully saturated rings. The standard InChI is InChI=1S/C18H17Br2ClF3N.C3H4O4/c1-10(11-5-3-6-12(17(11)21)18(22,23)24)9-15(25-2)16-13(19)7-4-8-14(16)20;4-2(5)1-3(6)7/h3-8,10,15,25H,9H2,1-2H3;1H2,(H,4,5)(H,6,7). The zero-order chi connectivity index (χ0) is 24.6. The van der Waals surface area contributed by atoms with E-state index in [-0.39, 0.29) is 17.0 Å². The van der Waals surface area contributed by atoms with Gasteiger partial charge in [0.15, 0.2) is 0 Å². The minimum absolute atomic E-state index is 0.0504. The zero-order valence-corrected chi connectivity index (χ0v) is 20.9. The molecule has 3 N–H and O–H groups in total. The van der Waals surface area contributed by atoms with E-state index >= 15 is 0 Å². The normalized spacial score (nSPS) is 13.0.